The van der Waals surface area contributed by atoms with E-state index in [1.807, 2.05) is 6.07 Å². The molecule has 1 fully saturated rings. The monoisotopic (exact) mass is 385 g/mol. The summed E-state index contributed by atoms with van der Waals surface area (Å²) in [5.41, 5.74) is 2.15. The van der Waals surface area contributed by atoms with Gasteiger partial charge in [-0.25, -0.2) is 0 Å². The van der Waals surface area contributed by atoms with Crippen molar-refractivity contribution in [3.63, 3.8) is 0 Å². The van der Waals surface area contributed by atoms with E-state index in [0.717, 1.165) is 0 Å². The Bertz CT molecular complexity index is 928. The fourth-order valence-corrected chi connectivity index (χ4v) is 4.15. The van der Waals surface area contributed by atoms with Crippen molar-refractivity contribution in [2.75, 3.05) is 0 Å². The molecule has 0 bridgehead atoms. The first kappa shape index (κ1) is 18.8. The lowest BCUT2D eigenvalue weighted by Gasteiger charge is -2.27. The molecule has 138 valence electrons. The first-order valence-electron chi connectivity index (χ1n) is 8.14. The zero-order chi connectivity index (χ0) is 19.8. The molecule has 4 atom stereocenters. The lowest BCUT2D eigenvalue weighted by atomic mass is 9.74. The summed E-state index contributed by atoms with van der Waals surface area (Å²) in [4.78, 5) is 23.7. The number of carbonyl (C=O) groups is 1. The molecule has 2 aromatic rings. The van der Waals surface area contributed by atoms with Crippen LogP contribution in [0.5, 0.6) is 0 Å². The first-order valence-corrected chi connectivity index (χ1v) is 8.52. The van der Waals surface area contributed by atoms with Crippen LogP contribution in [-0.2, 0) is 10.4 Å². The van der Waals surface area contributed by atoms with Crippen LogP contribution in [0.1, 0.15) is 23.5 Å². The molecule has 8 heteroatoms. The van der Waals surface area contributed by atoms with Crippen molar-refractivity contribution in [2.24, 2.45) is 11.1 Å². The van der Waals surface area contributed by atoms with Crippen LogP contribution >= 0.6 is 11.6 Å². The largest absolute Gasteiger partial charge is 0.378 e. The Hall–Kier alpha value is -2.95. The quantitative estimate of drug-likeness (QED) is 0.616. The Morgan fingerprint density at radius 1 is 1.26 bits per heavy atom. The zero-order valence-electron chi connectivity index (χ0n) is 14.1. The minimum Gasteiger partial charge on any atom is -0.378 e. The molecule has 3 N–H and O–H groups in total. The van der Waals surface area contributed by atoms with Crippen LogP contribution in [0.4, 0.5) is 0 Å². The van der Waals surface area contributed by atoms with E-state index in [-0.39, 0.29) is 5.56 Å². The predicted molar refractivity (Wildman–Crippen MR) is 97.2 cm³/mol. The Labute approximate surface area is 160 Å². The minimum atomic E-state index is -2.04. The molecule has 0 unspecified atom stereocenters. The summed E-state index contributed by atoms with van der Waals surface area (Å²) in [6, 6.07) is 14.3. The number of benzene rings is 2. The summed E-state index contributed by atoms with van der Waals surface area (Å²) < 4.78 is 0. The van der Waals surface area contributed by atoms with Gasteiger partial charge in [0.25, 0.3) is 6.04 Å². The van der Waals surface area contributed by atoms with Gasteiger partial charge in [-0.1, -0.05) is 54.1 Å². The number of primary amides is 1. The van der Waals surface area contributed by atoms with Crippen LogP contribution in [0.3, 0.4) is 0 Å². The predicted octanol–water partition coefficient (Wildman–Crippen LogP) is 2.36. The number of aliphatic hydroxyl groups is 1. The second-order valence-corrected chi connectivity index (χ2v) is 7.11. The standard InChI is InChI=1S/C19H16ClN3O4/c20-14-8-6-12(7-9-14)15-16(23(26)27)19(25,13-4-2-1-3-5-13)10-18(15,11-21)17(22)24/h1-9,15-16,25H,10H2,(H2,22,24)/t15-,16-,18-,19-/m1/s1. The Morgan fingerprint density at radius 3 is 2.33 bits per heavy atom. The van der Waals surface area contributed by atoms with Gasteiger partial charge >= 0.3 is 0 Å². The maximum absolute atomic E-state index is 12.3. The molecule has 1 amide bonds. The lowest BCUT2D eigenvalue weighted by molar-refractivity contribution is -0.547. The van der Waals surface area contributed by atoms with E-state index in [1.165, 1.54) is 36.4 Å². The number of halogens is 1. The van der Waals surface area contributed by atoms with E-state index in [9.17, 15) is 25.3 Å². The maximum Gasteiger partial charge on any atom is 0.254 e. The average molecular weight is 386 g/mol. The molecule has 0 radical (unpaired) electrons. The number of hydrogen-bond donors (Lipinski definition) is 2. The third-order valence-electron chi connectivity index (χ3n) is 5.25. The average Bonchev–Trinajstić information content (AvgIpc) is 2.94. The number of amides is 1. The minimum absolute atomic E-state index is 0.254. The van der Waals surface area contributed by atoms with Crippen LogP contribution in [0.25, 0.3) is 0 Å². The van der Waals surface area contributed by atoms with Gasteiger partial charge in [-0.2, -0.15) is 5.26 Å². The summed E-state index contributed by atoms with van der Waals surface area (Å²) in [5, 5.41) is 33.6. The number of nitriles is 1. The number of nitrogens with two attached hydrogens (primary N) is 1. The van der Waals surface area contributed by atoms with Gasteiger partial charge in [0, 0.05) is 16.4 Å². The molecule has 0 spiro atoms. The number of carbonyl (C=O) groups excluding carboxylic acids is 1. The molecule has 2 aromatic carbocycles. The second kappa shape index (κ2) is 6.65. The van der Waals surface area contributed by atoms with Crippen molar-refractivity contribution < 1.29 is 14.8 Å². The van der Waals surface area contributed by atoms with Gasteiger partial charge in [0.15, 0.2) is 11.0 Å². The topological polar surface area (TPSA) is 130 Å². The van der Waals surface area contributed by atoms with E-state index in [0.29, 0.717) is 10.6 Å². The highest BCUT2D eigenvalue weighted by Gasteiger charge is 2.70. The first-order chi connectivity index (χ1) is 12.8. The van der Waals surface area contributed by atoms with Crippen molar-refractivity contribution in [1.82, 2.24) is 0 Å². The lowest BCUT2D eigenvalue weighted by Crippen LogP contribution is -2.43. The number of nitro groups is 1. The summed E-state index contributed by atoms with van der Waals surface area (Å²) in [6.07, 6.45) is -0.477. The highest BCUT2D eigenvalue weighted by atomic mass is 35.5. The van der Waals surface area contributed by atoms with Gasteiger partial charge in [0.2, 0.25) is 5.91 Å². The fourth-order valence-electron chi connectivity index (χ4n) is 4.02. The summed E-state index contributed by atoms with van der Waals surface area (Å²) in [7, 11) is 0. The maximum atomic E-state index is 12.3. The summed E-state index contributed by atoms with van der Waals surface area (Å²) >= 11 is 5.90. The summed E-state index contributed by atoms with van der Waals surface area (Å²) in [5.74, 6) is -2.25. The van der Waals surface area contributed by atoms with Crippen LogP contribution in [0, 0.1) is 26.9 Å². The van der Waals surface area contributed by atoms with Crippen molar-refractivity contribution in [2.45, 2.75) is 24.0 Å². The van der Waals surface area contributed by atoms with Crippen molar-refractivity contribution >= 4 is 17.5 Å². The zero-order valence-corrected chi connectivity index (χ0v) is 14.8. The molecule has 0 aliphatic heterocycles. The van der Waals surface area contributed by atoms with Crippen LogP contribution in [0.15, 0.2) is 54.6 Å². The molecule has 27 heavy (non-hydrogen) atoms. The molecule has 0 saturated heterocycles. The molecule has 1 saturated carbocycles. The number of nitrogens with zero attached hydrogens (tertiary/aromatic N) is 2. The van der Waals surface area contributed by atoms with Gasteiger partial charge in [-0.3, -0.25) is 14.9 Å². The van der Waals surface area contributed by atoms with E-state index in [4.69, 9.17) is 17.3 Å². The highest BCUT2D eigenvalue weighted by molar-refractivity contribution is 6.30. The van der Waals surface area contributed by atoms with Crippen molar-refractivity contribution in [3.05, 3.63) is 80.9 Å². The van der Waals surface area contributed by atoms with Gasteiger partial charge in [0.1, 0.15) is 0 Å². The third-order valence-corrected chi connectivity index (χ3v) is 5.51. The van der Waals surface area contributed by atoms with Gasteiger partial charge in [-0.05, 0) is 23.3 Å². The van der Waals surface area contributed by atoms with E-state index in [1.54, 1.807) is 18.2 Å². The molecule has 0 aromatic heterocycles. The Morgan fingerprint density at radius 2 is 1.85 bits per heavy atom. The normalized spacial score (nSPS) is 29.8. The molecular weight excluding hydrogens is 370 g/mol. The van der Waals surface area contributed by atoms with Crippen LogP contribution in [-0.4, -0.2) is 22.0 Å². The second-order valence-electron chi connectivity index (χ2n) is 6.67. The van der Waals surface area contributed by atoms with Gasteiger partial charge in [0.05, 0.1) is 12.0 Å². The van der Waals surface area contributed by atoms with E-state index in [2.05, 4.69) is 0 Å². The molecule has 3 rings (SSSR count). The van der Waals surface area contributed by atoms with Crippen LogP contribution in [0.2, 0.25) is 5.02 Å². The SMILES string of the molecule is N#C[C@]1(C(N)=O)C[C@@](O)(c2ccccc2)[C@H]([N+](=O)[O-])[C@H]1c1ccc(Cl)cc1. The molecule has 1 aliphatic carbocycles. The Balaban J connectivity index is 2.29. The van der Waals surface area contributed by atoms with Crippen molar-refractivity contribution in [3.8, 4) is 6.07 Å². The van der Waals surface area contributed by atoms with Gasteiger partial charge < -0.3 is 10.8 Å². The van der Waals surface area contributed by atoms with E-state index >= 15 is 0 Å². The molecule has 7 nitrogen and oxygen atoms in total. The van der Waals surface area contributed by atoms with Crippen molar-refractivity contribution in [1.29, 1.82) is 5.26 Å². The number of rotatable bonds is 4. The van der Waals surface area contributed by atoms with Gasteiger partial charge in [-0.15, -0.1) is 0 Å². The molecule has 0 heterocycles. The Kier molecular flexibility index (Phi) is 4.64. The molecular formula is C19H16ClN3O4. The molecule has 1 aliphatic rings. The van der Waals surface area contributed by atoms with Crippen LogP contribution < -0.4 is 5.73 Å². The third kappa shape index (κ3) is 2.83. The summed E-state index contributed by atoms with van der Waals surface area (Å²) in [6.45, 7) is 0. The highest BCUT2D eigenvalue weighted by Crippen LogP contribution is 2.58. The smallest absolute Gasteiger partial charge is 0.254 e. The van der Waals surface area contributed by atoms with E-state index < -0.39 is 40.2 Å². The number of hydrogen-bond acceptors (Lipinski definition) is 5. The fraction of sp³-hybridized carbons (Fsp3) is 0.263.